The molecule has 2 rings (SSSR count). The molecular weight excluding hydrogens is 283 g/mol. The molecule has 1 amide bonds. The quantitative estimate of drug-likeness (QED) is 0.905. The zero-order valence-electron chi connectivity index (χ0n) is 9.65. The topological polar surface area (TPSA) is 52.9 Å². The largest absolute Gasteiger partial charge is 0.321 e. The standard InChI is InChI=1S/C14H8Cl2N2O/c15-10-5-3-6-11(16)13(10)14(19)18-12-7-2-1-4-9(12)8-17/h1-7H,(H,18,19). The van der Waals surface area contributed by atoms with Crippen molar-refractivity contribution < 1.29 is 4.79 Å². The van der Waals surface area contributed by atoms with E-state index < -0.39 is 5.91 Å². The number of rotatable bonds is 2. The summed E-state index contributed by atoms with van der Waals surface area (Å²) >= 11 is 11.9. The lowest BCUT2D eigenvalue weighted by molar-refractivity contribution is 0.102. The Morgan fingerprint density at radius 3 is 2.32 bits per heavy atom. The molecule has 0 saturated heterocycles. The molecule has 0 radical (unpaired) electrons. The van der Waals surface area contributed by atoms with Gasteiger partial charge in [0.15, 0.2) is 0 Å². The number of nitrogens with zero attached hydrogens (tertiary/aromatic N) is 1. The van der Waals surface area contributed by atoms with Gasteiger partial charge in [0.2, 0.25) is 0 Å². The predicted octanol–water partition coefficient (Wildman–Crippen LogP) is 4.12. The van der Waals surface area contributed by atoms with Crippen molar-refractivity contribution in [2.45, 2.75) is 0 Å². The van der Waals surface area contributed by atoms with E-state index in [-0.39, 0.29) is 15.6 Å². The highest BCUT2D eigenvalue weighted by Gasteiger charge is 2.15. The van der Waals surface area contributed by atoms with Crippen molar-refractivity contribution in [2.75, 3.05) is 5.32 Å². The highest BCUT2D eigenvalue weighted by atomic mass is 35.5. The second-order valence-corrected chi connectivity index (χ2v) is 4.52. The van der Waals surface area contributed by atoms with E-state index in [0.717, 1.165) is 0 Å². The molecule has 0 aliphatic rings. The molecule has 1 N–H and O–H groups in total. The first kappa shape index (κ1) is 13.4. The van der Waals surface area contributed by atoms with Gasteiger partial charge in [0.25, 0.3) is 5.91 Å². The molecule has 5 heteroatoms. The van der Waals surface area contributed by atoms with Gasteiger partial charge >= 0.3 is 0 Å². The number of carbonyl (C=O) groups excluding carboxylic acids is 1. The number of nitrogens with one attached hydrogen (secondary N) is 1. The minimum atomic E-state index is -0.446. The van der Waals surface area contributed by atoms with E-state index in [9.17, 15) is 4.79 Å². The highest BCUT2D eigenvalue weighted by Crippen LogP contribution is 2.25. The normalized spacial score (nSPS) is 9.74. The average Bonchev–Trinajstić information content (AvgIpc) is 2.39. The van der Waals surface area contributed by atoms with Crippen LogP contribution >= 0.6 is 23.2 Å². The first-order chi connectivity index (χ1) is 9.13. The van der Waals surface area contributed by atoms with Gasteiger partial charge in [0.1, 0.15) is 6.07 Å². The van der Waals surface area contributed by atoms with Crippen LogP contribution in [-0.4, -0.2) is 5.91 Å². The van der Waals surface area contributed by atoms with E-state index in [0.29, 0.717) is 11.3 Å². The van der Waals surface area contributed by atoms with Crippen LogP contribution in [0, 0.1) is 11.3 Å². The maximum Gasteiger partial charge on any atom is 0.258 e. The zero-order chi connectivity index (χ0) is 13.8. The molecule has 0 atom stereocenters. The average molecular weight is 291 g/mol. The van der Waals surface area contributed by atoms with Gasteiger partial charge in [0, 0.05) is 0 Å². The van der Waals surface area contributed by atoms with Crippen LogP contribution in [0.25, 0.3) is 0 Å². The minimum absolute atomic E-state index is 0.193. The van der Waals surface area contributed by atoms with Crippen molar-refractivity contribution in [3.63, 3.8) is 0 Å². The fraction of sp³-hybridized carbons (Fsp3) is 0. The molecule has 0 fully saturated rings. The third-order valence-corrected chi connectivity index (χ3v) is 3.12. The Kier molecular flexibility index (Phi) is 4.06. The van der Waals surface area contributed by atoms with Crippen molar-refractivity contribution in [2.24, 2.45) is 0 Å². The lowest BCUT2D eigenvalue weighted by Gasteiger charge is -2.09. The maximum atomic E-state index is 12.1. The van der Waals surface area contributed by atoms with Gasteiger partial charge < -0.3 is 5.32 Å². The maximum absolute atomic E-state index is 12.1. The Morgan fingerprint density at radius 2 is 1.68 bits per heavy atom. The van der Waals surface area contributed by atoms with Crippen LogP contribution in [-0.2, 0) is 0 Å². The summed E-state index contributed by atoms with van der Waals surface area (Å²) in [5, 5.41) is 12.1. The van der Waals surface area contributed by atoms with Gasteiger partial charge in [-0.2, -0.15) is 5.26 Å². The number of hydrogen-bond acceptors (Lipinski definition) is 2. The number of halogens is 2. The molecule has 3 nitrogen and oxygen atoms in total. The molecule has 0 aliphatic heterocycles. The lowest BCUT2D eigenvalue weighted by Crippen LogP contribution is -2.14. The third-order valence-electron chi connectivity index (χ3n) is 2.49. The Hall–Kier alpha value is -2.02. The van der Waals surface area contributed by atoms with E-state index in [2.05, 4.69) is 5.32 Å². The number of anilines is 1. The zero-order valence-corrected chi connectivity index (χ0v) is 11.2. The summed E-state index contributed by atoms with van der Waals surface area (Å²) in [6, 6.07) is 13.5. The third kappa shape index (κ3) is 2.87. The smallest absolute Gasteiger partial charge is 0.258 e. The number of benzene rings is 2. The second-order valence-electron chi connectivity index (χ2n) is 3.71. The Balaban J connectivity index is 2.35. The van der Waals surface area contributed by atoms with Crippen molar-refractivity contribution in [3.8, 4) is 6.07 Å². The van der Waals surface area contributed by atoms with Crippen molar-refractivity contribution in [3.05, 3.63) is 63.6 Å². The Morgan fingerprint density at radius 1 is 1.05 bits per heavy atom. The monoisotopic (exact) mass is 290 g/mol. The van der Waals surface area contributed by atoms with Crippen LogP contribution in [0.1, 0.15) is 15.9 Å². The molecule has 2 aromatic rings. The van der Waals surface area contributed by atoms with Crippen LogP contribution in [0.2, 0.25) is 10.0 Å². The SMILES string of the molecule is N#Cc1ccccc1NC(=O)c1c(Cl)cccc1Cl. The first-order valence-corrected chi connectivity index (χ1v) is 6.13. The summed E-state index contributed by atoms with van der Waals surface area (Å²) in [5.74, 6) is -0.446. The number of para-hydroxylation sites is 1. The van der Waals surface area contributed by atoms with E-state index in [1.807, 2.05) is 6.07 Å². The van der Waals surface area contributed by atoms with Crippen LogP contribution in [0.5, 0.6) is 0 Å². The van der Waals surface area contributed by atoms with Gasteiger partial charge in [-0.15, -0.1) is 0 Å². The lowest BCUT2D eigenvalue weighted by atomic mass is 10.1. The summed E-state index contributed by atoms with van der Waals surface area (Å²) < 4.78 is 0. The van der Waals surface area contributed by atoms with E-state index in [1.54, 1.807) is 42.5 Å². The van der Waals surface area contributed by atoms with Crippen LogP contribution in [0.4, 0.5) is 5.69 Å². The van der Waals surface area contributed by atoms with E-state index >= 15 is 0 Å². The molecule has 2 aromatic carbocycles. The molecule has 19 heavy (non-hydrogen) atoms. The fourth-order valence-corrected chi connectivity index (χ4v) is 2.16. The summed E-state index contributed by atoms with van der Waals surface area (Å²) in [6.07, 6.45) is 0. The summed E-state index contributed by atoms with van der Waals surface area (Å²) in [5.41, 5.74) is 0.989. The molecule has 0 unspecified atom stereocenters. The Labute approximate surface area is 120 Å². The number of nitriles is 1. The van der Waals surface area contributed by atoms with Gasteiger partial charge in [-0.1, -0.05) is 41.4 Å². The van der Waals surface area contributed by atoms with Gasteiger partial charge in [-0.3, -0.25) is 4.79 Å². The van der Waals surface area contributed by atoms with Crippen molar-refractivity contribution in [1.29, 1.82) is 5.26 Å². The molecule has 94 valence electrons. The molecule has 0 aromatic heterocycles. The summed E-state index contributed by atoms with van der Waals surface area (Å²) in [4.78, 5) is 12.1. The van der Waals surface area contributed by atoms with Crippen molar-refractivity contribution in [1.82, 2.24) is 0 Å². The molecule has 0 heterocycles. The van der Waals surface area contributed by atoms with Crippen LogP contribution < -0.4 is 5.32 Å². The van der Waals surface area contributed by atoms with E-state index in [1.165, 1.54) is 0 Å². The van der Waals surface area contributed by atoms with E-state index in [4.69, 9.17) is 28.5 Å². The van der Waals surface area contributed by atoms with Gasteiger partial charge in [-0.25, -0.2) is 0 Å². The van der Waals surface area contributed by atoms with Crippen LogP contribution in [0.3, 0.4) is 0 Å². The number of carbonyl (C=O) groups is 1. The summed E-state index contributed by atoms with van der Waals surface area (Å²) in [6.45, 7) is 0. The molecule has 0 bridgehead atoms. The first-order valence-electron chi connectivity index (χ1n) is 5.38. The summed E-state index contributed by atoms with van der Waals surface area (Å²) in [7, 11) is 0. The van der Waals surface area contributed by atoms with Crippen LogP contribution in [0.15, 0.2) is 42.5 Å². The highest BCUT2D eigenvalue weighted by molar-refractivity contribution is 6.40. The molecule has 0 spiro atoms. The van der Waals surface area contributed by atoms with Gasteiger partial charge in [0.05, 0.1) is 26.9 Å². The van der Waals surface area contributed by atoms with Crippen molar-refractivity contribution >= 4 is 34.8 Å². The molecular formula is C14H8Cl2N2O. The second kappa shape index (κ2) is 5.75. The predicted molar refractivity (Wildman–Crippen MR) is 75.6 cm³/mol. The molecule has 0 saturated carbocycles. The Bertz CT molecular complexity index is 657. The number of hydrogen-bond donors (Lipinski definition) is 1. The molecule has 0 aliphatic carbocycles. The minimum Gasteiger partial charge on any atom is -0.321 e. The van der Waals surface area contributed by atoms with Gasteiger partial charge in [-0.05, 0) is 24.3 Å². The fourth-order valence-electron chi connectivity index (χ4n) is 1.59. The number of amides is 1.